The summed E-state index contributed by atoms with van der Waals surface area (Å²) < 4.78 is 13.3. The Labute approximate surface area is 184 Å². The highest BCUT2D eigenvalue weighted by Crippen LogP contribution is 2.31. The number of anilines is 2. The van der Waals surface area contributed by atoms with Crippen LogP contribution in [0.3, 0.4) is 0 Å². The SMILES string of the molecule is O=C1CC(SC(=NCc2ccccc2)Nc2ccc(F)cc2)C(=O)N1c1ccccc1. The molecule has 0 saturated carbocycles. The first-order chi connectivity index (χ1) is 15.1. The number of rotatable bonds is 5. The van der Waals surface area contributed by atoms with Crippen molar-refractivity contribution in [2.24, 2.45) is 4.99 Å². The van der Waals surface area contributed by atoms with Gasteiger partial charge in [0.05, 0.1) is 12.2 Å². The molecule has 1 aliphatic rings. The summed E-state index contributed by atoms with van der Waals surface area (Å²) in [5.74, 6) is -0.844. The molecule has 156 valence electrons. The smallest absolute Gasteiger partial charge is 0.247 e. The topological polar surface area (TPSA) is 61.8 Å². The van der Waals surface area contributed by atoms with Gasteiger partial charge in [0.25, 0.3) is 0 Å². The molecule has 31 heavy (non-hydrogen) atoms. The first-order valence-electron chi connectivity index (χ1n) is 9.79. The van der Waals surface area contributed by atoms with Gasteiger partial charge in [0.2, 0.25) is 11.8 Å². The molecule has 0 aliphatic carbocycles. The number of hydrogen-bond donors (Lipinski definition) is 1. The number of benzene rings is 3. The molecule has 3 aromatic rings. The van der Waals surface area contributed by atoms with Crippen LogP contribution < -0.4 is 10.2 Å². The molecule has 0 radical (unpaired) electrons. The highest BCUT2D eigenvalue weighted by Gasteiger charge is 2.40. The number of thioether (sulfide) groups is 1. The highest BCUT2D eigenvalue weighted by atomic mass is 32.2. The third-order valence-electron chi connectivity index (χ3n) is 4.72. The summed E-state index contributed by atoms with van der Waals surface area (Å²) in [6, 6.07) is 24.5. The van der Waals surface area contributed by atoms with Crippen molar-refractivity contribution >= 4 is 40.1 Å². The van der Waals surface area contributed by atoms with Crippen LogP contribution in [0.15, 0.2) is 89.9 Å². The quantitative estimate of drug-likeness (QED) is 0.355. The molecule has 0 bridgehead atoms. The fourth-order valence-corrected chi connectivity index (χ4v) is 4.21. The van der Waals surface area contributed by atoms with Gasteiger partial charge in [-0.15, -0.1) is 0 Å². The summed E-state index contributed by atoms with van der Waals surface area (Å²) in [6.07, 6.45) is 0.0911. The van der Waals surface area contributed by atoms with Crippen LogP contribution in [0.1, 0.15) is 12.0 Å². The van der Waals surface area contributed by atoms with Crippen molar-refractivity contribution in [1.29, 1.82) is 0 Å². The molecule has 3 aromatic carbocycles. The number of nitrogens with one attached hydrogen (secondary N) is 1. The lowest BCUT2D eigenvalue weighted by Gasteiger charge is -2.16. The fourth-order valence-electron chi connectivity index (χ4n) is 3.19. The van der Waals surface area contributed by atoms with Gasteiger partial charge in [-0.25, -0.2) is 9.29 Å². The van der Waals surface area contributed by atoms with E-state index in [1.165, 1.54) is 28.8 Å². The molecule has 1 N–H and O–H groups in total. The van der Waals surface area contributed by atoms with Gasteiger partial charge in [0.1, 0.15) is 11.1 Å². The molecule has 1 saturated heterocycles. The molecule has 7 heteroatoms. The summed E-state index contributed by atoms with van der Waals surface area (Å²) in [7, 11) is 0. The van der Waals surface area contributed by atoms with Crippen LogP contribution in [0.4, 0.5) is 15.8 Å². The van der Waals surface area contributed by atoms with E-state index in [4.69, 9.17) is 0 Å². The second kappa shape index (κ2) is 9.57. The van der Waals surface area contributed by atoms with Crippen molar-refractivity contribution in [3.05, 3.63) is 96.3 Å². The van der Waals surface area contributed by atoms with Gasteiger partial charge in [-0.3, -0.25) is 14.6 Å². The number of para-hydroxylation sites is 1. The molecule has 4 rings (SSSR count). The predicted octanol–water partition coefficient (Wildman–Crippen LogP) is 4.86. The monoisotopic (exact) mass is 433 g/mol. The zero-order valence-electron chi connectivity index (χ0n) is 16.6. The third-order valence-corrected chi connectivity index (χ3v) is 5.82. The number of amidine groups is 1. The van der Waals surface area contributed by atoms with Crippen molar-refractivity contribution in [2.75, 3.05) is 10.2 Å². The Hall–Kier alpha value is -3.45. The molecular weight excluding hydrogens is 413 g/mol. The van der Waals surface area contributed by atoms with Crippen molar-refractivity contribution in [2.45, 2.75) is 18.2 Å². The Morgan fingerprint density at radius 3 is 2.29 bits per heavy atom. The molecule has 1 fully saturated rings. The van der Waals surface area contributed by atoms with Crippen molar-refractivity contribution in [1.82, 2.24) is 0 Å². The van der Waals surface area contributed by atoms with Gasteiger partial charge in [-0.05, 0) is 42.0 Å². The summed E-state index contributed by atoms with van der Waals surface area (Å²) in [4.78, 5) is 31.4. The van der Waals surface area contributed by atoms with Crippen LogP contribution in [0.5, 0.6) is 0 Å². The molecular formula is C24H20FN3O2S. The molecule has 1 atom stereocenters. The second-order valence-corrected chi connectivity index (χ2v) is 8.14. The molecule has 1 aliphatic heterocycles. The van der Waals surface area contributed by atoms with Gasteiger partial charge in [-0.2, -0.15) is 0 Å². The number of halogens is 1. The molecule has 1 heterocycles. The van der Waals surface area contributed by atoms with Crippen LogP contribution in [0, 0.1) is 5.82 Å². The normalized spacial score (nSPS) is 16.6. The number of nitrogens with zero attached hydrogens (tertiary/aromatic N) is 2. The Kier molecular flexibility index (Phi) is 6.43. The van der Waals surface area contributed by atoms with E-state index in [-0.39, 0.29) is 24.1 Å². The summed E-state index contributed by atoms with van der Waals surface area (Å²) in [5, 5.41) is 3.07. The minimum atomic E-state index is -0.588. The van der Waals surface area contributed by atoms with E-state index in [1.807, 2.05) is 36.4 Å². The van der Waals surface area contributed by atoms with Crippen molar-refractivity contribution in [3.63, 3.8) is 0 Å². The van der Waals surface area contributed by atoms with Gasteiger partial charge >= 0.3 is 0 Å². The number of carbonyl (C=O) groups excluding carboxylic acids is 2. The third kappa shape index (κ3) is 5.19. The van der Waals surface area contributed by atoms with Crippen LogP contribution in [-0.2, 0) is 16.1 Å². The lowest BCUT2D eigenvalue weighted by Crippen LogP contribution is -2.31. The van der Waals surface area contributed by atoms with Crippen molar-refractivity contribution in [3.8, 4) is 0 Å². The zero-order chi connectivity index (χ0) is 21.6. The molecule has 2 amide bonds. The number of carbonyl (C=O) groups is 2. The maximum Gasteiger partial charge on any atom is 0.247 e. The predicted molar refractivity (Wildman–Crippen MR) is 123 cm³/mol. The second-order valence-electron chi connectivity index (χ2n) is 6.95. The van der Waals surface area contributed by atoms with E-state index in [2.05, 4.69) is 10.3 Å². The number of aliphatic imine (C=N–C) groups is 1. The Morgan fingerprint density at radius 2 is 1.61 bits per heavy atom. The molecule has 1 unspecified atom stereocenters. The van der Waals surface area contributed by atoms with Crippen LogP contribution >= 0.6 is 11.8 Å². The van der Waals surface area contributed by atoms with E-state index in [0.717, 1.165) is 5.56 Å². The maximum absolute atomic E-state index is 13.3. The zero-order valence-corrected chi connectivity index (χ0v) is 17.4. The van der Waals surface area contributed by atoms with Crippen molar-refractivity contribution < 1.29 is 14.0 Å². The first kappa shape index (κ1) is 20.8. The number of hydrogen-bond acceptors (Lipinski definition) is 4. The molecule has 0 spiro atoms. The summed E-state index contributed by atoms with van der Waals surface area (Å²) in [5.41, 5.74) is 2.23. The molecule has 0 aromatic heterocycles. The highest BCUT2D eigenvalue weighted by molar-refractivity contribution is 8.15. The lowest BCUT2D eigenvalue weighted by atomic mass is 10.2. The summed E-state index contributed by atoms with van der Waals surface area (Å²) >= 11 is 1.21. The largest absolute Gasteiger partial charge is 0.335 e. The minimum Gasteiger partial charge on any atom is -0.335 e. The summed E-state index contributed by atoms with van der Waals surface area (Å²) in [6.45, 7) is 0.411. The standard InChI is InChI=1S/C24H20FN3O2S/c25-18-11-13-19(14-12-18)27-24(26-16-17-7-3-1-4-8-17)31-21-15-22(29)28(23(21)30)20-9-5-2-6-10-20/h1-14,21H,15-16H2,(H,26,27). The van der Waals surface area contributed by atoms with E-state index in [9.17, 15) is 14.0 Å². The average molecular weight is 434 g/mol. The first-order valence-corrected chi connectivity index (χ1v) is 10.7. The fraction of sp³-hybridized carbons (Fsp3) is 0.125. The van der Waals surface area contributed by atoms with Gasteiger partial charge in [0.15, 0.2) is 5.17 Å². The van der Waals surface area contributed by atoms with Crippen LogP contribution in [0.25, 0.3) is 0 Å². The Balaban J connectivity index is 1.54. The minimum absolute atomic E-state index is 0.0911. The van der Waals surface area contributed by atoms with Gasteiger partial charge < -0.3 is 5.32 Å². The molecule has 5 nitrogen and oxygen atoms in total. The van der Waals surface area contributed by atoms with Crippen LogP contribution in [-0.4, -0.2) is 22.2 Å². The Bertz CT molecular complexity index is 1090. The van der Waals surface area contributed by atoms with Gasteiger partial charge in [-0.1, -0.05) is 60.3 Å². The van der Waals surface area contributed by atoms with E-state index < -0.39 is 5.25 Å². The number of amides is 2. The maximum atomic E-state index is 13.3. The van der Waals surface area contributed by atoms with E-state index in [0.29, 0.717) is 23.1 Å². The van der Waals surface area contributed by atoms with Gasteiger partial charge in [0, 0.05) is 12.1 Å². The lowest BCUT2D eigenvalue weighted by molar-refractivity contribution is -0.121. The Morgan fingerprint density at radius 1 is 0.968 bits per heavy atom. The average Bonchev–Trinajstić information content (AvgIpc) is 3.07. The van der Waals surface area contributed by atoms with Crippen LogP contribution in [0.2, 0.25) is 0 Å². The number of imide groups is 1. The van der Waals surface area contributed by atoms with E-state index in [1.54, 1.807) is 36.4 Å². The van der Waals surface area contributed by atoms with E-state index >= 15 is 0 Å².